The van der Waals surface area contributed by atoms with E-state index in [1.54, 1.807) is 0 Å². The van der Waals surface area contributed by atoms with Crippen LogP contribution in [0.3, 0.4) is 0 Å². The van der Waals surface area contributed by atoms with Crippen LogP contribution in [0.1, 0.15) is 68.2 Å². The topological polar surface area (TPSA) is 0 Å². The van der Waals surface area contributed by atoms with E-state index < -0.39 is 0 Å². The summed E-state index contributed by atoms with van der Waals surface area (Å²) in [7, 11) is 0. The Labute approximate surface area is 158 Å². The zero-order valence-corrected chi connectivity index (χ0v) is 13.6. The van der Waals surface area contributed by atoms with E-state index in [9.17, 15) is 0 Å². The Morgan fingerprint density at radius 1 is 0.375 bits per heavy atom. The Morgan fingerprint density at radius 3 is 0.583 bits per heavy atom. The van der Waals surface area contributed by atoms with E-state index >= 15 is 0 Å². The zero-order valence-electron chi connectivity index (χ0n) is 13.6. The predicted octanol–water partition coefficient (Wildman–Crippen LogP) is 10.0. The lowest BCUT2D eigenvalue weighted by Gasteiger charge is -1.84. The number of hydrogen-bond acceptors (Lipinski definition) is 0. The van der Waals surface area contributed by atoms with E-state index in [2.05, 4.69) is 65.8 Å². The highest BCUT2D eigenvalue weighted by Crippen LogP contribution is 1.94. The third-order valence-corrected chi connectivity index (χ3v) is 1.63. The molecule has 0 aliphatic carbocycles. The van der Waals surface area contributed by atoms with Gasteiger partial charge in [-0.15, -0.1) is 65.8 Å². The SMILES string of the molecule is C.C.C.C.C=C.C=C.C=C.C=CCCCC=C.C=CCCCC=C. The molecule has 0 amide bonds. The Kier molecular flexibility index (Phi) is 308. The van der Waals surface area contributed by atoms with Gasteiger partial charge in [0, 0.05) is 0 Å². The second-order valence-electron chi connectivity index (χ2n) is 3.02. The fourth-order valence-corrected chi connectivity index (χ4v) is 0.813. The summed E-state index contributed by atoms with van der Waals surface area (Å²) < 4.78 is 0. The van der Waals surface area contributed by atoms with E-state index in [0.717, 1.165) is 25.7 Å². The molecule has 0 unspecified atom stereocenters. The smallest absolute Gasteiger partial charge is 0.0350 e. The van der Waals surface area contributed by atoms with Crippen molar-refractivity contribution in [3.05, 3.63) is 90.1 Å². The molecule has 0 saturated heterocycles. The van der Waals surface area contributed by atoms with Crippen LogP contribution in [0.15, 0.2) is 90.1 Å². The number of hydrogen-bond donors (Lipinski definition) is 0. The summed E-state index contributed by atoms with van der Waals surface area (Å²) in [5.41, 5.74) is 0. The standard InChI is InChI=1S/2C7H12.3C2H4.4CH4/c2*1-3-5-7-6-4-2;3*1-2;;;;/h2*3-4H,1-2,5-7H2;3*1-2H2;4*1H4. The van der Waals surface area contributed by atoms with Gasteiger partial charge in [-0.1, -0.05) is 54.0 Å². The van der Waals surface area contributed by atoms with Crippen LogP contribution in [0.25, 0.3) is 0 Å². The largest absolute Gasteiger partial charge is 0.106 e. The third-order valence-electron chi connectivity index (χ3n) is 1.63. The highest BCUT2D eigenvalue weighted by atomic mass is 13.8. The molecule has 0 heteroatoms. The van der Waals surface area contributed by atoms with Crippen LogP contribution in [0.4, 0.5) is 0 Å². The molecule has 0 spiro atoms. The molecule has 24 heavy (non-hydrogen) atoms. The van der Waals surface area contributed by atoms with Crippen molar-refractivity contribution in [2.45, 2.75) is 68.2 Å². The maximum Gasteiger partial charge on any atom is -0.0350 e. The van der Waals surface area contributed by atoms with Crippen molar-refractivity contribution in [2.75, 3.05) is 0 Å². The Bertz CT molecular complexity index is 138. The fourth-order valence-electron chi connectivity index (χ4n) is 0.813. The highest BCUT2D eigenvalue weighted by molar-refractivity contribution is 4.72. The molecule has 0 aromatic carbocycles. The van der Waals surface area contributed by atoms with Crippen LogP contribution in [0.2, 0.25) is 0 Å². The van der Waals surface area contributed by atoms with Gasteiger partial charge in [0.25, 0.3) is 0 Å². The first-order chi connectivity index (χ1) is 9.83. The van der Waals surface area contributed by atoms with Gasteiger partial charge in [-0.25, -0.2) is 0 Å². The first-order valence-electron chi connectivity index (χ1n) is 6.77. The molecule has 0 heterocycles. The molecular weight excluding hydrogens is 288 g/mol. The van der Waals surface area contributed by atoms with Gasteiger partial charge >= 0.3 is 0 Å². The lowest BCUT2D eigenvalue weighted by atomic mass is 10.2. The number of rotatable bonds is 8. The van der Waals surface area contributed by atoms with Crippen molar-refractivity contribution in [1.29, 1.82) is 0 Å². The van der Waals surface area contributed by atoms with Gasteiger partial charge in [0.15, 0.2) is 0 Å². The molecule has 0 aliphatic heterocycles. The maximum atomic E-state index is 3.60. The summed E-state index contributed by atoms with van der Waals surface area (Å²) >= 11 is 0. The molecule has 148 valence electrons. The average Bonchev–Trinajstić information content (AvgIpc) is 2.55. The van der Waals surface area contributed by atoms with E-state index in [-0.39, 0.29) is 29.7 Å². The zero-order chi connectivity index (χ0) is 17.1. The third kappa shape index (κ3) is 194. The van der Waals surface area contributed by atoms with Crippen LogP contribution in [-0.4, -0.2) is 0 Å². The van der Waals surface area contributed by atoms with Gasteiger partial charge in [0.1, 0.15) is 0 Å². The van der Waals surface area contributed by atoms with Crippen LogP contribution in [0, 0.1) is 0 Å². The minimum Gasteiger partial charge on any atom is -0.106 e. The molecule has 0 N–H and O–H groups in total. The number of allylic oxidation sites excluding steroid dienone is 4. The predicted molar refractivity (Wildman–Crippen MR) is 129 cm³/mol. The second-order valence-corrected chi connectivity index (χ2v) is 3.02. The van der Waals surface area contributed by atoms with Crippen LogP contribution in [0.5, 0.6) is 0 Å². The molecule has 0 rings (SSSR count). The minimum atomic E-state index is 0. The van der Waals surface area contributed by atoms with Gasteiger partial charge < -0.3 is 0 Å². The lowest BCUT2D eigenvalue weighted by Crippen LogP contribution is -1.64. The summed E-state index contributed by atoms with van der Waals surface area (Å²) in [5, 5.41) is 0. The monoisotopic (exact) mass is 340 g/mol. The van der Waals surface area contributed by atoms with Crippen molar-refractivity contribution < 1.29 is 0 Å². The van der Waals surface area contributed by atoms with Crippen molar-refractivity contribution in [1.82, 2.24) is 0 Å². The van der Waals surface area contributed by atoms with Crippen molar-refractivity contribution >= 4 is 0 Å². The summed E-state index contributed by atoms with van der Waals surface area (Å²) in [5.74, 6) is 0. The van der Waals surface area contributed by atoms with E-state index in [1.165, 1.54) is 12.8 Å². The van der Waals surface area contributed by atoms with Crippen molar-refractivity contribution in [2.24, 2.45) is 0 Å². The summed E-state index contributed by atoms with van der Waals surface area (Å²) in [6.07, 6.45) is 14.6. The lowest BCUT2D eigenvalue weighted by molar-refractivity contribution is 0.871. The molecule has 0 nitrogen and oxygen atoms in total. The summed E-state index contributed by atoms with van der Waals surface area (Å²) in [4.78, 5) is 0. The minimum absolute atomic E-state index is 0. The molecule has 0 aliphatic rings. The molecule has 0 aromatic heterocycles. The van der Waals surface area contributed by atoms with Crippen LogP contribution >= 0.6 is 0 Å². The molecule has 0 saturated carbocycles. The van der Waals surface area contributed by atoms with Crippen molar-refractivity contribution in [3.63, 3.8) is 0 Å². The molecule has 0 aromatic rings. The number of unbranched alkanes of at least 4 members (excludes halogenated alkanes) is 4. The van der Waals surface area contributed by atoms with Crippen molar-refractivity contribution in [3.8, 4) is 0 Å². The van der Waals surface area contributed by atoms with Gasteiger partial charge in [-0.05, 0) is 38.5 Å². The first kappa shape index (κ1) is 57.3. The molecular formula is C24H52. The van der Waals surface area contributed by atoms with E-state index in [1.807, 2.05) is 24.3 Å². The second kappa shape index (κ2) is 129. The van der Waals surface area contributed by atoms with Gasteiger partial charge in [-0.2, -0.15) is 0 Å². The molecule has 0 radical (unpaired) electrons. The van der Waals surface area contributed by atoms with Crippen LogP contribution < -0.4 is 0 Å². The summed E-state index contributed by atoms with van der Waals surface area (Å²) in [6.45, 7) is 32.4. The van der Waals surface area contributed by atoms with E-state index in [0.29, 0.717) is 0 Å². The van der Waals surface area contributed by atoms with Gasteiger partial charge in [-0.3, -0.25) is 0 Å². The fraction of sp³-hybridized carbons (Fsp3) is 0.417. The normalized spacial score (nSPS) is 5.17. The quantitative estimate of drug-likeness (QED) is 0.304. The Hall–Kier alpha value is -1.82. The molecule has 0 bridgehead atoms. The summed E-state index contributed by atoms with van der Waals surface area (Å²) in [6, 6.07) is 0. The Balaban J connectivity index is -0.0000000180. The highest BCUT2D eigenvalue weighted by Gasteiger charge is 1.74. The Morgan fingerprint density at radius 2 is 0.500 bits per heavy atom. The average molecular weight is 341 g/mol. The molecule has 0 atom stereocenters. The van der Waals surface area contributed by atoms with Crippen LogP contribution in [-0.2, 0) is 0 Å². The van der Waals surface area contributed by atoms with Gasteiger partial charge in [0.2, 0.25) is 0 Å². The maximum absolute atomic E-state index is 3.60. The van der Waals surface area contributed by atoms with E-state index in [4.69, 9.17) is 0 Å². The van der Waals surface area contributed by atoms with Gasteiger partial charge in [0.05, 0.1) is 0 Å². The molecule has 0 fully saturated rings. The first-order valence-corrected chi connectivity index (χ1v) is 6.77.